The Morgan fingerprint density at radius 3 is 0.935 bits per heavy atom. The molecule has 0 saturated carbocycles. The first-order valence-electron chi connectivity index (χ1n) is 33.2. The van der Waals surface area contributed by atoms with Gasteiger partial charge in [-0.1, -0.05) is 395 Å². The summed E-state index contributed by atoms with van der Waals surface area (Å²) in [6, 6.07) is 77.2. The number of hydrogen-bond acceptors (Lipinski definition) is 2. The first kappa shape index (κ1) is 81.2. The van der Waals surface area contributed by atoms with E-state index >= 15 is 0 Å². The summed E-state index contributed by atoms with van der Waals surface area (Å²) in [6.45, 7) is 59.6. The fourth-order valence-electron chi connectivity index (χ4n) is 8.98. The van der Waals surface area contributed by atoms with Gasteiger partial charge in [-0.2, -0.15) is 0 Å². The van der Waals surface area contributed by atoms with Crippen molar-refractivity contribution in [2.45, 2.75) is 230 Å². The second kappa shape index (κ2) is 35.7. The van der Waals surface area contributed by atoms with Gasteiger partial charge in [-0.3, -0.25) is 0 Å². The third-order valence-electron chi connectivity index (χ3n) is 15.6. The van der Waals surface area contributed by atoms with Gasteiger partial charge in [0.05, 0.1) is 4.34 Å². The monoisotopic (exact) mass is 1320 g/mol. The van der Waals surface area contributed by atoms with E-state index < -0.39 is 0 Å². The predicted octanol–water partition coefficient (Wildman–Crippen LogP) is 29.0. The summed E-state index contributed by atoms with van der Waals surface area (Å²) in [6.07, 6.45) is 0. The van der Waals surface area contributed by atoms with Crippen molar-refractivity contribution in [3.8, 4) is 11.1 Å². The smallest absolute Gasteiger partial charge is 0.0931 e. The highest BCUT2D eigenvalue weighted by atomic mass is 35.5. The van der Waals surface area contributed by atoms with Crippen LogP contribution >= 0.6 is 45.9 Å². The van der Waals surface area contributed by atoms with E-state index in [0.717, 1.165) is 14.9 Å². The molecule has 8 aromatic carbocycles. The maximum atomic E-state index is 6.02. The van der Waals surface area contributed by atoms with Crippen LogP contribution in [0.2, 0.25) is 9.36 Å². The second-order valence-electron chi connectivity index (χ2n) is 32.6. The molecule has 0 spiro atoms. The van der Waals surface area contributed by atoms with Crippen molar-refractivity contribution in [1.82, 2.24) is 0 Å². The Morgan fingerprint density at radius 1 is 0.258 bits per heavy atom. The Labute approximate surface area is 586 Å². The molecule has 0 N–H and O–H groups in total. The summed E-state index contributed by atoms with van der Waals surface area (Å²) in [5, 5.41) is 5.64. The van der Waals surface area contributed by atoms with Crippen molar-refractivity contribution in [2.24, 2.45) is 0 Å². The van der Waals surface area contributed by atoms with Crippen molar-refractivity contribution in [2.75, 3.05) is 0 Å². The van der Waals surface area contributed by atoms with Gasteiger partial charge < -0.3 is 0 Å². The molecule has 0 bridgehead atoms. The molecule has 500 valence electrons. The zero-order valence-electron chi connectivity index (χ0n) is 62.4. The SMILES string of the molecule is CC(C)(C)c1ccc(-c2ccccc2)cc1.CC(C)(C)c1ccc(Cl)s1.CC(C)(C)c1ccc2ccccc2c1.CC(C)(C)c1ccccc1.CC(C)(C)c1cccs1.Cc1ccc(C(C)(C)C)cc1.Cc1ccc(C(C)(C)C)cc1.Cc1ccc(C(C)(C)C)cc1Cl. The summed E-state index contributed by atoms with van der Waals surface area (Å²) < 4.78 is 0.880. The van der Waals surface area contributed by atoms with Crippen LogP contribution in [0, 0.1) is 20.8 Å². The number of aryl methyl sites for hydroxylation is 3. The molecule has 0 aliphatic rings. The Balaban J connectivity index is 0.000000279. The molecule has 0 fully saturated rings. The van der Waals surface area contributed by atoms with E-state index in [0.29, 0.717) is 10.8 Å². The summed E-state index contributed by atoms with van der Waals surface area (Å²) in [7, 11) is 0. The Hall–Kier alpha value is -6.00. The molecule has 0 radical (unpaired) electrons. The van der Waals surface area contributed by atoms with Crippen molar-refractivity contribution in [1.29, 1.82) is 0 Å². The first-order chi connectivity index (χ1) is 42.8. The van der Waals surface area contributed by atoms with Crippen LogP contribution in [0.15, 0.2) is 224 Å². The predicted molar refractivity (Wildman–Crippen MR) is 424 cm³/mol. The number of benzene rings is 8. The molecule has 4 heteroatoms. The highest BCUT2D eigenvalue weighted by Crippen LogP contribution is 2.33. The van der Waals surface area contributed by atoms with E-state index in [2.05, 4.69) is 392 Å². The molecule has 0 aliphatic carbocycles. The molecule has 0 aliphatic heterocycles. The highest BCUT2D eigenvalue weighted by molar-refractivity contribution is 7.16. The molecule has 0 amide bonds. The lowest BCUT2D eigenvalue weighted by Crippen LogP contribution is -2.10. The van der Waals surface area contributed by atoms with Crippen LogP contribution in [-0.4, -0.2) is 0 Å². The summed E-state index contributed by atoms with van der Waals surface area (Å²) in [4.78, 5) is 2.81. The summed E-state index contributed by atoms with van der Waals surface area (Å²) in [5.41, 5.74) is 16.8. The highest BCUT2D eigenvalue weighted by Gasteiger charge is 2.19. The Bertz CT molecular complexity index is 3620. The molecule has 0 atom stereocenters. The molecule has 2 aromatic heterocycles. The van der Waals surface area contributed by atoms with Crippen LogP contribution < -0.4 is 0 Å². The zero-order valence-corrected chi connectivity index (χ0v) is 65.6. The molecule has 2 heterocycles. The minimum Gasteiger partial charge on any atom is -0.148 e. The maximum absolute atomic E-state index is 6.02. The fraction of sp³-hybridized carbons (Fsp3) is 0.393. The summed E-state index contributed by atoms with van der Waals surface area (Å²) in [5.74, 6) is 0. The van der Waals surface area contributed by atoms with E-state index in [9.17, 15) is 0 Å². The number of rotatable bonds is 1. The average molecular weight is 1320 g/mol. The molecular formula is C89H118Cl2S2. The van der Waals surface area contributed by atoms with Gasteiger partial charge in [0.1, 0.15) is 0 Å². The quantitative estimate of drug-likeness (QED) is 0.154. The Kier molecular flexibility index (Phi) is 31.1. The fourth-order valence-corrected chi connectivity index (χ4v) is 11.1. The van der Waals surface area contributed by atoms with Gasteiger partial charge in [0.2, 0.25) is 0 Å². The average Bonchev–Trinajstić information content (AvgIpc) is 1.76. The third-order valence-corrected chi connectivity index (χ3v) is 18.9. The van der Waals surface area contributed by atoms with Crippen LogP contribution in [0.5, 0.6) is 0 Å². The van der Waals surface area contributed by atoms with Gasteiger partial charge in [-0.25, -0.2) is 0 Å². The zero-order chi connectivity index (χ0) is 70.4. The maximum Gasteiger partial charge on any atom is 0.0931 e. The van der Waals surface area contributed by atoms with Crippen LogP contribution in [-0.2, 0) is 43.3 Å². The van der Waals surface area contributed by atoms with Gasteiger partial charge in [0.15, 0.2) is 0 Å². The van der Waals surface area contributed by atoms with Gasteiger partial charge in [-0.15, -0.1) is 22.7 Å². The molecule has 0 saturated heterocycles. The van der Waals surface area contributed by atoms with Gasteiger partial charge in [0, 0.05) is 14.8 Å². The number of thiophene rings is 2. The Morgan fingerprint density at radius 2 is 0.602 bits per heavy atom. The molecule has 0 nitrogen and oxygen atoms in total. The van der Waals surface area contributed by atoms with Crippen molar-refractivity contribution in [3.63, 3.8) is 0 Å². The van der Waals surface area contributed by atoms with Crippen molar-refractivity contribution < 1.29 is 0 Å². The van der Waals surface area contributed by atoms with E-state index in [-0.39, 0.29) is 32.5 Å². The van der Waals surface area contributed by atoms with Gasteiger partial charge in [-0.05, 0) is 155 Å². The van der Waals surface area contributed by atoms with E-state index in [4.69, 9.17) is 23.2 Å². The molecule has 10 aromatic rings. The minimum atomic E-state index is 0.192. The largest absolute Gasteiger partial charge is 0.148 e. The van der Waals surface area contributed by atoms with Crippen molar-refractivity contribution in [3.05, 3.63) is 293 Å². The lowest BCUT2D eigenvalue weighted by Gasteiger charge is -2.19. The minimum absolute atomic E-state index is 0.192. The van der Waals surface area contributed by atoms with E-state index in [1.54, 1.807) is 11.3 Å². The lowest BCUT2D eigenvalue weighted by molar-refractivity contribution is 0.590. The van der Waals surface area contributed by atoms with E-state index in [1.165, 1.54) is 76.2 Å². The standard InChI is InChI=1S/C16H18.C14H16.C11H15Cl.2C11H16.C10H14.C8H11ClS.C8H12S/c1-16(2,3)15-11-9-14(10-12-15)13-7-5-4-6-8-13;1-14(2,3)13-9-8-11-6-4-5-7-12(11)10-13;1-8-5-6-9(7-10(8)12)11(2,3)4;2*1-9-5-7-10(8-6-9)11(2,3)4;1-10(2,3)9-7-5-4-6-8-9;1-8(2,3)6-4-5-7(9)10-6;1-8(2,3)7-5-4-6-9-7/h4-12H,1-3H3;4-10H,1-3H3;5-7H,1-4H3;2*5-8H,1-4H3;4-8H,1-3H3;4-5H,1-3H3;4-6H,1-3H3. The lowest BCUT2D eigenvalue weighted by atomic mass is 9.86. The topological polar surface area (TPSA) is 0 Å². The first-order valence-corrected chi connectivity index (χ1v) is 35.6. The normalized spacial score (nSPS) is 11.7. The molecular weight excluding hydrogens is 1200 g/mol. The van der Waals surface area contributed by atoms with E-state index in [1.807, 2.05) is 30.4 Å². The van der Waals surface area contributed by atoms with Crippen LogP contribution in [0.3, 0.4) is 0 Å². The summed E-state index contributed by atoms with van der Waals surface area (Å²) >= 11 is 15.3. The van der Waals surface area contributed by atoms with Crippen LogP contribution in [0.1, 0.15) is 226 Å². The third kappa shape index (κ3) is 30.5. The number of fused-ring (bicyclic) bond motifs is 1. The molecule has 93 heavy (non-hydrogen) atoms. The number of hydrogen-bond donors (Lipinski definition) is 0. The second-order valence-corrected chi connectivity index (χ2v) is 35.7. The van der Waals surface area contributed by atoms with Gasteiger partial charge in [0.25, 0.3) is 0 Å². The molecule has 0 unspecified atom stereocenters. The molecule has 10 rings (SSSR count). The number of halogens is 2. The van der Waals surface area contributed by atoms with Crippen molar-refractivity contribution >= 4 is 56.6 Å². The van der Waals surface area contributed by atoms with Gasteiger partial charge >= 0.3 is 0 Å². The van der Waals surface area contributed by atoms with Crippen LogP contribution in [0.25, 0.3) is 21.9 Å². The van der Waals surface area contributed by atoms with Crippen LogP contribution in [0.4, 0.5) is 0 Å².